The van der Waals surface area contributed by atoms with Crippen molar-refractivity contribution < 1.29 is 9.90 Å². The molecule has 1 aromatic rings. The summed E-state index contributed by atoms with van der Waals surface area (Å²) in [6.07, 6.45) is 1.08. The van der Waals surface area contributed by atoms with Crippen molar-refractivity contribution in [1.29, 1.82) is 0 Å². The minimum absolute atomic E-state index is 0.281. The average Bonchev–Trinajstić information content (AvgIpc) is 2.30. The van der Waals surface area contributed by atoms with Crippen LogP contribution in [0.15, 0.2) is 24.3 Å². The van der Waals surface area contributed by atoms with Gasteiger partial charge in [0.15, 0.2) is 0 Å². The van der Waals surface area contributed by atoms with E-state index >= 15 is 0 Å². The maximum Gasteiger partial charge on any atom is 0.321 e. The van der Waals surface area contributed by atoms with Gasteiger partial charge < -0.3 is 16.2 Å². The fourth-order valence-corrected chi connectivity index (χ4v) is 1.72. The zero-order chi connectivity index (χ0) is 13.5. The highest BCUT2D eigenvalue weighted by Crippen LogP contribution is 2.09. The molecule has 0 aromatic heterocycles. The van der Waals surface area contributed by atoms with E-state index in [4.69, 9.17) is 10.8 Å². The summed E-state index contributed by atoms with van der Waals surface area (Å²) in [5.41, 5.74) is 7.87. The van der Waals surface area contributed by atoms with E-state index in [1.165, 1.54) is 5.56 Å². The molecule has 0 saturated heterocycles. The van der Waals surface area contributed by atoms with Gasteiger partial charge in [0.2, 0.25) is 0 Å². The second kappa shape index (κ2) is 7.13. The normalized spacial score (nSPS) is 12.7. The molecule has 1 rings (SSSR count). The Hall–Kier alpha value is -1.39. The number of benzene rings is 1. The van der Waals surface area contributed by atoms with Crippen LogP contribution < -0.4 is 11.1 Å². The molecule has 4 heteroatoms. The number of carbonyl (C=O) groups is 1. The molecule has 100 valence electrons. The van der Waals surface area contributed by atoms with Gasteiger partial charge in [-0.1, -0.05) is 38.1 Å². The molecular weight excluding hydrogens is 228 g/mol. The van der Waals surface area contributed by atoms with Crippen LogP contribution in [0.2, 0.25) is 0 Å². The summed E-state index contributed by atoms with van der Waals surface area (Å²) in [5.74, 6) is -0.322. The molecule has 1 aromatic carbocycles. The number of carboxylic acids is 1. The summed E-state index contributed by atoms with van der Waals surface area (Å²) in [6, 6.07) is 7.53. The van der Waals surface area contributed by atoms with Gasteiger partial charge in [-0.2, -0.15) is 0 Å². The SMILES string of the molecule is CC(C)Cc1ccc(CNCC(N)C(=O)O)cc1. The monoisotopic (exact) mass is 250 g/mol. The first-order valence-corrected chi connectivity index (χ1v) is 6.26. The van der Waals surface area contributed by atoms with Crippen LogP contribution in [0.25, 0.3) is 0 Å². The Morgan fingerprint density at radius 3 is 2.33 bits per heavy atom. The zero-order valence-corrected chi connectivity index (χ0v) is 11.0. The number of carboxylic acid groups (broad SMARTS) is 1. The molecule has 1 atom stereocenters. The van der Waals surface area contributed by atoms with Gasteiger partial charge in [-0.15, -0.1) is 0 Å². The first-order chi connectivity index (χ1) is 8.49. The lowest BCUT2D eigenvalue weighted by Gasteiger charge is -2.09. The number of hydrogen-bond donors (Lipinski definition) is 3. The minimum Gasteiger partial charge on any atom is -0.480 e. The quantitative estimate of drug-likeness (QED) is 0.683. The van der Waals surface area contributed by atoms with E-state index in [0.29, 0.717) is 12.5 Å². The summed E-state index contributed by atoms with van der Waals surface area (Å²) in [5, 5.41) is 11.7. The summed E-state index contributed by atoms with van der Waals surface area (Å²) in [7, 11) is 0. The number of rotatable bonds is 7. The van der Waals surface area contributed by atoms with Gasteiger partial charge in [0.1, 0.15) is 6.04 Å². The topological polar surface area (TPSA) is 75.3 Å². The number of nitrogens with two attached hydrogens (primary N) is 1. The van der Waals surface area contributed by atoms with Gasteiger partial charge >= 0.3 is 5.97 Å². The summed E-state index contributed by atoms with van der Waals surface area (Å²) in [6.45, 7) is 5.32. The second-order valence-corrected chi connectivity index (χ2v) is 4.99. The van der Waals surface area contributed by atoms with Crippen molar-refractivity contribution in [2.45, 2.75) is 32.9 Å². The Labute approximate surface area is 108 Å². The van der Waals surface area contributed by atoms with Crippen LogP contribution in [0.1, 0.15) is 25.0 Å². The first kappa shape index (κ1) is 14.7. The third kappa shape index (κ3) is 5.29. The molecule has 0 spiro atoms. The molecule has 4 N–H and O–H groups in total. The molecule has 0 aliphatic carbocycles. The molecule has 0 radical (unpaired) electrons. The van der Waals surface area contributed by atoms with Crippen LogP contribution in [0.4, 0.5) is 0 Å². The zero-order valence-electron chi connectivity index (χ0n) is 11.0. The van der Waals surface area contributed by atoms with Gasteiger partial charge in [0.25, 0.3) is 0 Å². The average molecular weight is 250 g/mol. The maximum absolute atomic E-state index is 10.5. The predicted molar refractivity (Wildman–Crippen MR) is 72.3 cm³/mol. The van der Waals surface area contributed by atoms with Gasteiger partial charge in [-0.3, -0.25) is 4.79 Å². The van der Waals surface area contributed by atoms with Gasteiger partial charge in [-0.25, -0.2) is 0 Å². The molecule has 1 unspecified atom stereocenters. The van der Waals surface area contributed by atoms with Crippen LogP contribution >= 0.6 is 0 Å². The molecule has 0 aliphatic rings. The van der Waals surface area contributed by atoms with E-state index in [1.54, 1.807) is 0 Å². The van der Waals surface area contributed by atoms with Gasteiger partial charge in [0, 0.05) is 13.1 Å². The third-order valence-corrected chi connectivity index (χ3v) is 2.68. The molecule has 0 amide bonds. The fourth-order valence-electron chi connectivity index (χ4n) is 1.72. The van der Waals surface area contributed by atoms with Crippen molar-refractivity contribution in [2.24, 2.45) is 11.7 Å². The molecule has 0 bridgehead atoms. The largest absolute Gasteiger partial charge is 0.480 e. The maximum atomic E-state index is 10.5. The van der Waals surface area contributed by atoms with Crippen LogP contribution in [0.3, 0.4) is 0 Å². The van der Waals surface area contributed by atoms with E-state index in [9.17, 15) is 4.79 Å². The Morgan fingerprint density at radius 1 is 1.28 bits per heavy atom. The molecule has 0 saturated carbocycles. The number of hydrogen-bond acceptors (Lipinski definition) is 3. The van der Waals surface area contributed by atoms with Gasteiger partial charge in [0.05, 0.1) is 0 Å². The second-order valence-electron chi connectivity index (χ2n) is 4.99. The fraction of sp³-hybridized carbons (Fsp3) is 0.500. The lowest BCUT2D eigenvalue weighted by molar-refractivity contribution is -0.138. The minimum atomic E-state index is -0.977. The summed E-state index contributed by atoms with van der Waals surface area (Å²) >= 11 is 0. The van der Waals surface area contributed by atoms with Crippen molar-refractivity contribution >= 4 is 5.97 Å². The van der Waals surface area contributed by atoms with Crippen molar-refractivity contribution in [3.8, 4) is 0 Å². The molecule has 0 aliphatic heterocycles. The van der Waals surface area contributed by atoms with E-state index in [-0.39, 0.29) is 6.54 Å². The highest BCUT2D eigenvalue weighted by atomic mass is 16.4. The standard InChI is InChI=1S/C14H22N2O2/c1-10(2)7-11-3-5-12(6-4-11)8-16-9-13(15)14(17)18/h3-6,10,13,16H,7-9,15H2,1-2H3,(H,17,18). The van der Waals surface area contributed by atoms with Crippen molar-refractivity contribution in [3.63, 3.8) is 0 Å². The van der Waals surface area contributed by atoms with Crippen LogP contribution in [-0.2, 0) is 17.8 Å². The highest BCUT2D eigenvalue weighted by molar-refractivity contribution is 5.73. The van der Waals surface area contributed by atoms with Crippen LogP contribution in [0, 0.1) is 5.92 Å². The Kier molecular flexibility index (Phi) is 5.82. The number of nitrogens with one attached hydrogen (secondary N) is 1. The highest BCUT2D eigenvalue weighted by Gasteiger charge is 2.09. The molecular formula is C14H22N2O2. The Bertz CT molecular complexity index is 374. The first-order valence-electron chi connectivity index (χ1n) is 6.26. The lowest BCUT2D eigenvalue weighted by atomic mass is 10.0. The van der Waals surface area contributed by atoms with Gasteiger partial charge in [-0.05, 0) is 23.5 Å². The van der Waals surface area contributed by atoms with E-state index < -0.39 is 12.0 Å². The summed E-state index contributed by atoms with van der Waals surface area (Å²) in [4.78, 5) is 10.5. The Balaban J connectivity index is 2.37. The van der Waals surface area contributed by atoms with Crippen molar-refractivity contribution in [1.82, 2.24) is 5.32 Å². The van der Waals surface area contributed by atoms with E-state index in [2.05, 4.69) is 43.4 Å². The molecule has 4 nitrogen and oxygen atoms in total. The van der Waals surface area contributed by atoms with E-state index in [1.807, 2.05) is 0 Å². The molecule has 18 heavy (non-hydrogen) atoms. The summed E-state index contributed by atoms with van der Waals surface area (Å²) < 4.78 is 0. The van der Waals surface area contributed by atoms with Crippen molar-refractivity contribution in [3.05, 3.63) is 35.4 Å². The van der Waals surface area contributed by atoms with Crippen LogP contribution in [0.5, 0.6) is 0 Å². The molecule has 0 heterocycles. The van der Waals surface area contributed by atoms with Crippen LogP contribution in [-0.4, -0.2) is 23.7 Å². The Morgan fingerprint density at radius 2 is 1.83 bits per heavy atom. The number of aliphatic carboxylic acids is 1. The van der Waals surface area contributed by atoms with E-state index in [0.717, 1.165) is 12.0 Å². The lowest BCUT2D eigenvalue weighted by Crippen LogP contribution is -2.40. The predicted octanol–water partition coefficient (Wildman–Crippen LogP) is 1.39. The third-order valence-electron chi connectivity index (χ3n) is 2.68. The van der Waals surface area contributed by atoms with Crippen molar-refractivity contribution in [2.75, 3.05) is 6.54 Å². The smallest absolute Gasteiger partial charge is 0.321 e. The molecule has 0 fully saturated rings.